The summed E-state index contributed by atoms with van der Waals surface area (Å²) in [6.45, 7) is 1.54. The van der Waals surface area contributed by atoms with E-state index in [-0.39, 0.29) is 12.5 Å². The van der Waals surface area contributed by atoms with Crippen LogP contribution >= 0.6 is 15.9 Å². The predicted molar refractivity (Wildman–Crippen MR) is 79.1 cm³/mol. The van der Waals surface area contributed by atoms with E-state index in [1.54, 1.807) is 0 Å². The van der Waals surface area contributed by atoms with E-state index in [4.69, 9.17) is 5.11 Å². The molecule has 0 unspecified atom stereocenters. The average molecular weight is 327 g/mol. The summed E-state index contributed by atoms with van der Waals surface area (Å²) in [7, 11) is 0. The van der Waals surface area contributed by atoms with Gasteiger partial charge in [0.2, 0.25) is 5.91 Å². The van der Waals surface area contributed by atoms with Crippen molar-refractivity contribution in [3.63, 3.8) is 0 Å². The van der Waals surface area contributed by atoms with Crippen molar-refractivity contribution in [3.05, 3.63) is 28.7 Å². The lowest BCUT2D eigenvalue weighted by Gasteiger charge is -2.20. The van der Waals surface area contributed by atoms with Crippen LogP contribution in [0.2, 0.25) is 0 Å². The third kappa shape index (κ3) is 4.93. The summed E-state index contributed by atoms with van der Waals surface area (Å²) in [5, 5.41) is 11.9. The Morgan fingerprint density at radius 3 is 2.58 bits per heavy atom. The zero-order valence-electron chi connectivity index (χ0n) is 10.8. The van der Waals surface area contributed by atoms with Crippen molar-refractivity contribution in [3.8, 4) is 0 Å². The quantitative estimate of drug-likeness (QED) is 0.808. The number of aliphatic hydroxyl groups excluding tert-OH is 1. The number of anilines is 1. The Kier molecular flexibility index (Phi) is 5.36. The Labute approximate surface area is 121 Å². The number of carbonyl (C=O) groups excluding carboxylic acids is 1. The molecule has 0 aromatic heterocycles. The smallest absolute Gasteiger partial charge is 0.225 e. The maximum Gasteiger partial charge on any atom is 0.225 e. The minimum Gasteiger partial charge on any atom is -0.395 e. The highest BCUT2D eigenvalue weighted by Crippen LogP contribution is 2.26. The monoisotopic (exact) mass is 326 g/mol. The fourth-order valence-corrected chi connectivity index (χ4v) is 2.31. The van der Waals surface area contributed by atoms with E-state index < -0.39 is 0 Å². The Balaban J connectivity index is 1.75. The highest BCUT2D eigenvalue weighted by atomic mass is 79.9. The van der Waals surface area contributed by atoms with E-state index in [9.17, 15) is 4.79 Å². The van der Waals surface area contributed by atoms with Gasteiger partial charge in [-0.1, -0.05) is 15.9 Å². The van der Waals surface area contributed by atoms with Gasteiger partial charge in [0, 0.05) is 35.7 Å². The van der Waals surface area contributed by atoms with Gasteiger partial charge >= 0.3 is 0 Å². The second-order valence-electron chi connectivity index (χ2n) is 4.80. The van der Waals surface area contributed by atoms with Gasteiger partial charge < -0.3 is 10.4 Å². The molecule has 5 heteroatoms. The van der Waals surface area contributed by atoms with E-state index in [0.29, 0.717) is 25.6 Å². The largest absolute Gasteiger partial charge is 0.395 e. The zero-order valence-corrected chi connectivity index (χ0v) is 12.4. The second-order valence-corrected chi connectivity index (χ2v) is 5.71. The lowest BCUT2D eigenvalue weighted by molar-refractivity contribution is -0.116. The first kappa shape index (κ1) is 14.5. The van der Waals surface area contributed by atoms with Crippen molar-refractivity contribution in [1.82, 2.24) is 4.90 Å². The number of hydrogen-bond donors (Lipinski definition) is 2. The van der Waals surface area contributed by atoms with Gasteiger partial charge in [-0.15, -0.1) is 0 Å². The Morgan fingerprint density at radius 1 is 1.32 bits per heavy atom. The molecule has 0 saturated heterocycles. The van der Waals surface area contributed by atoms with Crippen LogP contribution in [0.3, 0.4) is 0 Å². The molecule has 1 aliphatic carbocycles. The lowest BCUT2D eigenvalue weighted by Crippen LogP contribution is -2.32. The summed E-state index contributed by atoms with van der Waals surface area (Å²) in [5.74, 6) is 0.0194. The van der Waals surface area contributed by atoms with Crippen molar-refractivity contribution in [1.29, 1.82) is 0 Å². The molecule has 2 rings (SSSR count). The Morgan fingerprint density at radius 2 is 2.00 bits per heavy atom. The minimum atomic E-state index is 0.0194. The number of benzene rings is 1. The van der Waals surface area contributed by atoms with Crippen molar-refractivity contribution in [2.45, 2.75) is 25.3 Å². The number of rotatable bonds is 7. The topological polar surface area (TPSA) is 52.6 Å². The summed E-state index contributed by atoms with van der Waals surface area (Å²) in [4.78, 5) is 14.0. The first-order chi connectivity index (χ1) is 9.19. The SMILES string of the molecule is O=C(CCN(CCO)C1CC1)Nc1ccc(Br)cc1. The van der Waals surface area contributed by atoms with Crippen molar-refractivity contribution >= 4 is 27.5 Å². The van der Waals surface area contributed by atoms with Crippen molar-refractivity contribution < 1.29 is 9.90 Å². The number of halogens is 1. The standard InChI is InChI=1S/C14H19BrN2O2/c15-11-1-3-12(4-2-11)16-14(19)7-8-17(9-10-18)13-5-6-13/h1-4,13,18H,5-10H2,(H,16,19). The molecule has 4 nitrogen and oxygen atoms in total. The normalized spacial score (nSPS) is 14.7. The number of aliphatic hydroxyl groups is 1. The van der Waals surface area contributed by atoms with Gasteiger partial charge in [-0.3, -0.25) is 9.69 Å². The molecule has 104 valence electrons. The molecule has 1 saturated carbocycles. The molecule has 0 heterocycles. The van der Waals surface area contributed by atoms with Crippen LogP contribution in [0.25, 0.3) is 0 Å². The van der Waals surface area contributed by atoms with E-state index in [1.807, 2.05) is 24.3 Å². The molecule has 0 bridgehead atoms. The van der Waals surface area contributed by atoms with Crippen LogP contribution in [0.4, 0.5) is 5.69 Å². The van der Waals surface area contributed by atoms with Gasteiger partial charge in [0.25, 0.3) is 0 Å². The van der Waals surface area contributed by atoms with Crippen LogP contribution in [-0.2, 0) is 4.79 Å². The minimum absolute atomic E-state index is 0.0194. The summed E-state index contributed by atoms with van der Waals surface area (Å²) in [6, 6.07) is 8.12. The second kappa shape index (κ2) is 7.03. The van der Waals surface area contributed by atoms with Gasteiger partial charge in [-0.05, 0) is 37.1 Å². The van der Waals surface area contributed by atoms with Crippen molar-refractivity contribution in [2.75, 3.05) is 25.0 Å². The molecular weight excluding hydrogens is 308 g/mol. The van der Waals surface area contributed by atoms with Gasteiger partial charge in [0.1, 0.15) is 0 Å². The van der Waals surface area contributed by atoms with Gasteiger partial charge in [-0.25, -0.2) is 0 Å². The van der Waals surface area contributed by atoms with Crippen LogP contribution < -0.4 is 5.32 Å². The zero-order chi connectivity index (χ0) is 13.7. The van der Waals surface area contributed by atoms with Gasteiger partial charge in [0.15, 0.2) is 0 Å². The predicted octanol–water partition coefficient (Wildman–Crippen LogP) is 2.23. The summed E-state index contributed by atoms with van der Waals surface area (Å²) < 4.78 is 0.994. The number of carbonyl (C=O) groups is 1. The van der Waals surface area contributed by atoms with Crippen LogP contribution in [-0.4, -0.2) is 41.7 Å². The lowest BCUT2D eigenvalue weighted by atomic mass is 10.3. The van der Waals surface area contributed by atoms with Crippen LogP contribution in [0, 0.1) is 0 Å². The van der Waals surface area contributed by atoms with Crippen LogP contribution in [0.15, 0.2) is 28.7 Å². The highest BCUT2D eigenvalue weighted by molar-refractivity contribution is 9.10. The van der Waals surface area contributed by atoms with E-state index in [0.717, 1.165) is 10.2 Å². The summed E-state index contributed by atoms with van der Waals surface area (Å²) in [5.41, 5.74) is 0.813. The molecular formula is C14H19BrN2O2. The molecule has 0 spiro atoms. The molecule has 0 aliphatic heterocycles. The molecule has 1 aliphatic rings. The molecule has 1 fully saturated rings. The van der Waals surface area contributed by atoms with Gasteiger partial charge in [0.05, 0.1) is 6.61 Å². The van der Waals surface area contributed by atoms with E-state index in [1.165, 1.54) is 12.8 Å². The maximum atomic E-state index is 11.8. The summed E-state index contributed by atoms with van der Waals surface area (Å²) in [6.07, 6.45) is 2.84. The molecule has 19 heavy (non-hydrogen) atoms. The fourth-order valence-electron chi connectivity index (χ4n) is 2.05. The summed E-state index contributed by atoms with van der Waals surface area (Å²) >= 11 is 3.36. The maximum absolute atomic E-state index is 11.8. The van der Waals surface area contributed by atoms with E-state index >= 15 is 0 Å². The number of nitrogens with zero attached hydrogens (tertiary/aromatic N) is 1. The fraction of sp³-hybridized carbons (Fsp3) is 0.500. The average Bonchev–Trinajstić information content (AvgIpc) is 3.21. The number of nitrogens with one attached hydrogen (secondary N) is 1. The molecule has 0 radical (unpaired) electrons. The number of hydrogen-bond acceptors (Lipinski definition) is 3. The number of amides is 1. The Hall–Kier alpha value is -0.910. The third-order valence-electron chi connectivity index (χ3n) is 3.20. The molecule has 2 N–H and O–H groups in total. The van der Waals surface area contributed by atoms with Gasteiger partial charge in [-0.2, -0.15) is 0 Å². The molecule has 1 amide bonds. The first-order valence-electron chi connectivity index (χ1n) is 6.59. The van der Waals surface area contributed by atoms with Crippen LogP contribution in [0.5, 0.6) is 0 Å². The molecule has 0 atom stereocenters. The molecule has 1 aromatic rings. The first-order valence-corrected chi connectivity index (χ1v) is 7.38. The third-order valence-corrected chi connectivity index (χ3v) is 3.73. The van der Waals surface area contributed by atoms with E-state index in [2.05, 4.69) is 26.1 Å². The van der Waals surface area contributed by atoms with Crippen molar-refractivity contribution in [2.24, 2.45) is 0 Å². The van der Waals surface area contributed by atoms with Crippen LogP contribution in [0.1, 0.15) is 19.3 Å². The highest BCUT2D eigenvalue weighted by Gasteiger charge is 2.28. The molecule has 1 aromatic carbocycles. The Bertz CT molecular complexity index is 418.